The van der Waals surface area contributed by atoms with E-state index in [0.29, 0.717) is 25.6 Å². The van der Waals surface area contributed by atoms with Crippen LogP contribution in [-0.4, -0.2) is 67.8 Å². The minimum Gasteiger partial charge on any atom is -0.389 e. The number of nitrogens with zero attached hydrogens (tertiary/aromatic N) is 2. The van der Waals surface area contributed by atoms with Gasteiger partial charge in [0, 0.05) is 26.2 Å². The summed E-state index contributed by atoms with van der Waals surface area (Å²) in [6.45, 7) is 2.85. The Bertz CT molecular complexity index is 430. The topological polar surface area (TPSA) is 60.9 Å². The molecule has 0 amide bonds. The third kappa shape index (κ3) is 5.20. The molecular formula is C15H30N2O3S. The summed E-state index contributed by atoms with van der Waals surface area (Å²) in [5.74, 6) is 0.388. The van der Waals surface area contributed by atoms with Crippen LogP contribution in [0.2, 0.25) is 0 Å². The largest absolute Gasteiger partial charge is 0.389 e. The maximum atomic E-state index is 11.5. The molecule has 1 saturated carbocycles. The highest BCUT2D eigenvalue weighted by molar-refractivity contribution is 7.88. The third-order valence-corrected chi connectivity index (χ3v) is 6.16. The van der Waals surface area contributed by atoms with Gasteiger partial charge in [-0.1, -0.05) is 25.7 Å². The Morgan fingerprint density at radius 1 is 1.24 bits per heavy atom. The van der Waals surface area contributed by atoms with Gasteiger partial charge in [-0.15, -0.1) is 0 Å². The molecule has 124 valence electrons. The van der Waals surface area contributed by atoms with Crippen molar-refractivity contribution in [2.24, 2.45) is 5.92 Å². The van der Waals surface area contributed by atoms with Gasteiger partial charge >= 0.3 is 0 Å². The molecule has 1 saturated heterocycles. The molecule has 0 spiro atoms. The van der Waals surface area contributed by atoms with E-state index in [1.54, 1.807) is 4.31 Å². The average molecular weight is 318 g/mol. The first kappa shape index (κ1) is 17.2. The van der Waals surface area contributed by atoms with Crippen LogP contribution in [0.25, 0.3) is 0 Å². The Balaban J connectivity index is 1.81. The Morgan fingerprint density at radius 3 is 2.38 bits per heavy atom. The Hall–Kier alpha value is -0.170. The molecule has 0 aromatic heterocycles. The minimum absolute atomic E-state index is 0.388. The van der Waals surface area contributed by atoms with Crippen molar-refractivity contribution in [1.82, 2.24) is 9.21 Å². The van der Waals surface area contributed by atoms with Crippen LogP contribution < -0.4 is 0 Å². The van der Waals surface area contributed by atoms with Crippen molar-refractivity contribution in [1.29, 1.82) is 0 Å². The van der Waals surface area contributed by atoms with Crippen molar-refractivity contribution >= 4 is 10.0 Å². The normalized spacial score (nSPS) is 27.9. The predicted molar refractivity (Wildman–Crippen MR) is 84.7 cm³/mol. The summed E-state index contributed by atoms with van der Waals surface area (Å²) >= 11 is 0. The van der Waals surface area contributed by atoms with Crippen LogP contribution in [0.3, 0.4) is 0 Å². The summed E-state index contributed by atoms with van der Waals surface area (Å²) in [5, 5.41) is 10.7. The fraction of sp³-hybridized carbons (Fsp3) is 1.00. The van der Waals surface area contributed by atoms with Gasteiger partial charge in [0.25, 0.3) is 0 Å². The molecule has 1 atom stereocenters. The van der Waals surface area contributed by atoms with Gasteiger partial charge in [-0.2, -0.15) is 0 Å². The molecule has 1 aliphatic carbocycles. The van der Waals surface area contributed by atoms with E-state index in [1.165, 1.54) is 19.1 Å². The molecule has 1 unspecified atom stereocenters. The zero-order chi connectivity index (χ0) is 15.5. The van der Waals surface area contributed by atoms with Gasteiger partial charge in [-0.25, -0.2) is 12.7 Å². The SMILES string of the molecule is CN(CC1CCN(S(C)(=O)=O)C1)CC1(O)CCCCCC1. The highest BCUT2D eigenvalue weighted by atomic mass is 32.2. The van der Waals surface area contributed by atoms with E-state index in [9.17, 15) is 13.5 Å². The first-order valence-corrected chi connectivity index (χ1v) is 9.99. The molecule has 21 heavy (non-hydrogen) atoms. The molecular weight excluding hydrogens is 288 g/mol. The molecule has 5 nitrogen and oxygen atoms in total. The molecule has 0 aromatic carbocycles. The van der Waals surface area contributed by atoms with Crippen molar-refractivity contribution in [3.05, 3.63) is 0 Å². The summed E-state index contributed by atoms with van der Waals surface area (Å²) in [5.41, 5.74) is -0.541. The lowest BCUT2D eigenvalue weighted by Gasteiger charge is -2.32. The van der Waals surface area contributed by atoms with Gasteiger partial charge in [-0.05, 0) is 32.2 Å². The molecule has 2 aliphatic rings. The van der Waals surface area contributed by atoms with Crippen molar-refractivity contribution in [2.75, 3.05) is 39.5 Å². The molecule has 0 radical (unpaired) electrons. The van der Waals surface area contributed by atoms with Crippen LogP contribution in [0.4, 0.5) is 0 Å². The number of rotatable bonds is 5. The zero-order valence-electron chi connectivity index (χ0n) is 13.4. The standard InChI is InChI=1S/C15H30N2O3S/c1-16(13-15(18)8-5-3-4-6-9-15)11-14-7-10-17(12-14)21(2,19)20/h14,18H,3-13H2,1-2H3. The maximum Gasteiger partial charge on any atom is 0.211 e. The quantitative estimate of drug-likeness (QED) is 0.776. The second-order valence-corrected chi connectivity index (χ2v) is 9.09. The van der Waals surface area contributed by atoms with Gasteiger partial charge in [0.15, 0.2) is 0 Å². The van der Waals surface area contributed by atoms with Crippen LogP contribution in [0.15, 0.2) is 0 Å². The van der Waals surface area contributed by atoms with E-state index >= 15 is 0 Å². The van der Waals surface area contributed by atoms with Crippen LogP contribution in [0.5, 0.6) is 0 Å². The second-order valence-electron chi connectivity index (χ2n) is 7.11. The lowest BCUT2D eigenvalue weighted by atomic mass is 9.93. The molecule has 0 bridgehead atoms. The molecule has 1 aliphatic heterocycles. The lowest BCUT2D eigenvalue weighted by Crippen LogP contribution is -2.43. The van der Waals surface area contributed by atoms with E-state index < -0.39 is 15.6 Å². The number of hydrogen-bond donors (Lipinski definition) is 1. The summed E-state index contributed by atoms with van der Waals surface area (Å²) in [6.07, 6.45) is 8.72. The molecule has 6 heteroatoms. The van der Waals surface area contributed by atoms with E-state index in [0.717, 1.165) is 38.6 Å². The van der Waals surface area contributed by atoms with Crippen LogP contribution in [0, 0.1) is 5.92 Å². The Kier molecular flexibility index (Phi) is 5.68. The smallest absolute Gasteiger partial charge is 0.211 e. The van der Waals surface area contributed by atoms with Crippen molar-refractivity contribution in [2.45, 2.75) is 50.5 Å². The summed E-state index contributed by atoms with van der Waals surface area (Å²) in [6, 6.07) is 0. The minimum atomic E-state index is -3.05. The summed E-state index contributed by atoms with van der Waals surface area (Å²) < 4.78 is 24.7. The average Bonchev–Trinajstić information content (AvgIpc) is 2.72. The number of sulfonamides is 1. The van der Waals surface area contributed by atoms with E-state index in [2.05, 4.69) is 4.90 Å². The van der Waals surface area contributed by atoms with Gasteiger partial charge in [0.1, 0.15) is 0 Å². The first-order valence-electron chi connectivity index (χ1n) is 8.15. The summed E-state index contributed by atoms with van der Waals surface area (Å²) in [4.78, 5) is 2.20. The first-order chi connectivity index (χ1) is 9.78. The highest BCUT2D eigenvalue weighted by Gasteiger charge is 2.32. The van der Waals surface area contributed by atoms with E-state index in [1.807, 2.05) is 7.05 Å². The van der Waals surface area contributed by atoms with Crippen LogP contribution in [0.1, 0.15) is 44.9 Å². The predicted octanol–water partition coefficient (Wildman–Crippen LogP) is 1.28. The Morgan fingerprint density at radius 2 is 1.86 bits per heavy atom. The zero-order valence-corrected chi connectivity index (χ0v) is 14.2. The Labute approximate surface area is 129 Å². The molecule has 1 heterocycles. The highest BCUT2D eigenvalue weighted by Crippen LogP contribution is 2.28. The molecule has 0 aromatic rings. The van der Waals surface area contributed by atoms with Crippen molar-refractivity contribution in [3.8, 4) is 0 Å². The van der Waals surface area contributed by atoms with Crippen molar-refractivity contribution < 1.29 is 13.5 Å². The van der Waals surface area contributed by atoms with Crippen LogP contribution >= 0.6 is 0 Å². The summed E-state index contributed by atoms with van der Waals surface area (Å²) in [7, 11) is -1.00. The fourth-order valence-corrected chi connectivity index (χ4v) is 4.72. The third-order valence-electron chi connectivity index (χ3n) is 4.89. The van der Waals surface area contributed by atoms with Crippen LogP contribution in [-0.2, 0) is 10.0 Å². The van der Waals surface area contributed by atoms with Gasteiger partial charge in [0.05, 0.1) is 11.9 Å². The molecule has 2 rings (SSSR count). The molecule has 2 fully saturated rings. The lowest BCUT2D eigenvalue weighted by molar-refractivity contribution is -0.00580. The second kappa shape index (κ2) is 6.94. The fourth-order valence-electron chi connectivity index (χ4n) is 3.80. The number of aliphatic hydroxyl groups is 1. The van der Waals surface area contributed by atoms with E-state index in [-0.39, 0.29) is 0 Å². The van der Waals surface area contributed by atoms with Gasteiger partial charge < -0.3 is 10.0 Å². The number of likely N-dealkylation sites (N-methyl/N-ethyl adjacent to an activating group) is 1. The monoisotopic (exact) mass is 318 g/mol. The molecule has 1 N–H and O–H groups in total. The van der Waals surface area contributed by atoms with E-state index in [4.69, 9.17) is 0 Å². The maximum absolute atomic E-state index is 11.5. The van der Waals surface area contributed by atoms with Crippen molar-refractivity contribution in [3.63, 3.8) is 0 Å². The van der Waals surface area contributed by atoms with Gasteiger partial charge in [0.2, 0.25) is 10.0 Å². The van der Waals surface area contributed by atoms with Gasteiger partial charge in [-0.3, -0.25) is 0 Å². The number of hydrogen-bond acceptors (Lipinski definition) is 4.